The Kier molecular flexibility index (Phi) is 5.64. The molecule has 1 heterocycles. The van der Waals surface area contributed by atoms with E-state index in [0.29, 0.717) is 33.9 Å². The molecule has 26 heavy (non-hydrogen) atoms. The number of aromatic nitrogens is 1. The summed E-state index contributed by atoms with van der Waals surface area (Å²) in [7, 11) is 1.74. The average Bonchev–Trinajstić information content (AvgIpc) is 2.98. The van der Waals surface area contributed by atoms with Crippen LogP contribution >= 0.6 is 23.2 Å². The molecular weight excluding hydrogens is 371 g/mol. The molecular formula is C20H18Cl2N2O2. The van der Waals surface area contributed by atoms with Crippen LogP contribution in [0.5, 0.6) is 0 Å². The lowest BCUT2D eigenvalue weighted by atomic mass is 10.2. The highest BCUT2D eigenvalue weighted by molar-refractivity contribution is 6.35. The zero-order chi connectivity index (χ0) is 18.7. The molecule has 0 N–H and O–H groups in total. The van der Waals surface area contributed by atoms with E-state index in [0.717, 1.165) is 11.1 Å². The molecule has 0 unspecified atom stereocenters. The third kappa shape index (κ3) is 4.26. The second-order valence-corrected chi connectivity index (χ2v) is 6.89. The first kappa shape index (κ1) is 18.5. The molecule has 4 nitrogen and oxygen atoms in total. The van der Waals surface area contributed by atoms with Crippen molar-refractivity contribution in [2.24, 2.45) is 0 Å². The van der Waals surface area contributed by atoms with E-state index in [4.69, 9.17) is 27.6 Å². The van der Waals surface area contributed by atoms with Gasteiger partial charge in [-0.1, -0.05) is 47.5 Å². The van der Waals surface area contributed by atoms with Gasteiger partial charge in [0.25, 0.3) is 0 Å². The largest absolute Gasteiger partial charge is 0.441 e. The third-order valence-corrected chi connectivity index (χ3v) is 4.67. The van der Waals surface area contributed by atoms with Crippen LogP contribution in [0.15, 0.2) is 52.9 Å². The van der Waals surface area contributed by atoms with Gasteiger partial charge >= 0.3 is 0 Å². The first-order chi connectivity index (χ1) is 12.4. The van der Waals surface area contributed by atoms with Crippen LogP contribution in [0.25, 0.3) is 11.5 Å². The van der Waals surface area contributed by atoms with Crippen molar-refractivity contribution in [1.29, 1.82) is 0 Å². The minimum Gasteiger partial charge on any atom is -0.441 e. The molecule has 0 fully saturated rings. The summed E-state index contributed by atoms with van der Waals surface area (Å²) in [6.07, 6.45) is 0.171. The number of hydrogen-bond acceptors (Lipinski definition) is 3. The molecule has 0 saturated carbocycles. The summed E-state index contributed by atoms with van der Waals surface area (Å²) in [5.74, 6) is 1.11. The molecule has 0 radical (unpaired) electrons. The van der Waals surface area contributed by atoms with Gasteiger partial charge in [0.15, 0.2) is 0 Å². The predicted molar refractivity (Wildman–Crippen MR) is 103 cm³/mol. The van der Waals surface area contributed by atoms with Crippen molar-refractivity contribution in [1.82, 2.24) is 9.88 Å². The van der Waals surface area contributed by atoms with Crippen molar-refractivity contribution >= 4 is 29.1 Å². The number of carbonyl (C=O) groups is 1. The quantitative estimate of drug-likeness (QED) is 0.606. The Labute approximate surface area is 162 Å². The summed E-state index contributed by atoms with van der Waals surface area (Å²) in [5.41, 5.74) is 2.37. The van der Waals surface area contributed by atoms with Crippen LogP contribution in [-0.4, -0.2) is 22.8 Å². The fraction of sp³-hybridized carbons (Fsp3) is 0.200. The SMILES string of the molecule is Cc1oc(-c2ccccc2)nc1CC(=O)N(C)Cc1ccc(Cl)cc1Cl. The molecule has 0 atom stereocenters. The molecule has 1 aromatic heterocycles. The molecule has 3 rings (SSSR count). The lowest BCUT2D eigenvalue weighted by Crippen LogP contribution is -2.28. The predicted octanol–water partition coefficient (Wildman–Crippen LogP) is 5.16. The average molecular weight is 389 g/mol. The highest BCUT2D eigenvalue weighted by Crippen LogP contribution is 2.24. The Bertz CT molecular complexity index is 923. The lowest BCUT2D eigenvalue weighted by Gasteiger charge is -2.17. The summed E-state index contributed by atoms with van der Waals surface area (Å²) < 4.78 is 5.71. The fourth-order valence-corrected chi connectivity index (χ4v) is 3.04. The molecule has 6 heteroatoms. The van der Waals surface area contributed by atoms with Gasteiger partial charge < -0.3 is 9.32 Å². The number of likely N-dealkylation sites (N-methyl/N-ethyl adjacent to an activating group) is 1. The van der Waals surface area contributed by atoms with Crippen LogP contribution in [0.4, 0.5) is 0 Å². The highest BCUT2D eigenvalue weighted by atomic mass is 35.5. The Morgan fingerprint density at radius 3 is 2.58 bits per heavy atom. The Hall–Kier alpha value is -2.30. The van der Waals surface area contributed by atoms with Crippen LogP contribution in [-0.2, 0) is 17.8 Å². The van der Waals surface area contributed by atoms with Crippen LogP contribution in [0.3, 0.4) is 0 Å². The smallest absolute Gasteiger partial charge is 0.228 e. The van der Waals surface area contributed by atoms with Crippen LogP contribution in [0.2, 0.25) is 10.0 Å². The second kappa shape index (κ2) is 7.94. The van der Waals surface area contributed by atoms with E-state index in [1.807, 2.05) is 43.3 Å². The monoisotopic (exact) mass is 388 g/mol. The van der Waals surface area contributed by atoms with Crippen LogP contribution < -0.4 is 0 Å². The molecule has 0 bridgehead atoms. The van der Waals surface area contributed by atoms with Crippen molar-refractivity contribution in [3.8, 4) is 11.5 Å². The van der Waals surface area contributed by atoms with Gasteiger partial charge in [-0.25, -0.2) is 4.98 Å². The minimum atomic E-state index is -0.0629. The number of amides is 1. The Morgan fingerprint density at radius 1 is 1.15 bits per heavy atom. The summed E-state index contributed by atoms with van der Waals surface area (Å²) in [4.78, 5) is 18.7. The molecule has 0 aliphatic heterocycles. The number of oxazole rings is 1. The van der Waals surface area contributed by atoms with E-state index < -0.39 is 0 Å². The number of benzene rings is 2. The first-order valence-electron chi connectivity index (χ1n) is 8.13. The molecule has 2 aromatic carbocycles. The topological polar surface area (TPSA) is 46.3 Å². The van der Waals surface area contributed by atoms with Gasteiger partial charge in [0.2, 0.25) is 11.8 Å². The number of nitrogens with zero attached hydrogens (tertiary/aromatic N) is 2. The molecule has 0 spiro atoms. The first-order valence-corrected chi connectivity index (χ1v) is 8.89. The second-order valence-electron chi connectivity index (χ2n) is 6.05. The van der Waals surface area contributed by atoms with Gasteiger partial charge in [-0.15, -0.1) is 0 Å². The maximum absolute atomic E-state index is 12.6. The van der Waals surface area contributed by atoms with Gasteiger partial charge in [-0.05, 0) is 36.8 Å². The van der Waals surface area contributed by atoms with E-state index in [1.54, 1.807) is 24.1 Å². The van der Waals surface area contributed by atoms with Gasteiger partial charge in [-0.2, -0.15) is 0 Å². The zero-order valence-corrected chi connectivity index (χ0v) is 16.0. The van der Waals surface area contributed by atoms with Gasteiger partial charge in [0.1, 0.15) is 5.76 Å². The summed E-state index contributed by atoms with van der Waals surface area (Å²) in [6.45, 7) is 2.22. The van der Waals surface area contributed by atoms with Gasteiger partial charge in [0.05, 0.1) is 12.1 Å². The third-order valence-electron chi connectivity index (χ3n) is 4.08. The van der Waals surface area contributed by atoms with E-state index in [-0.39, 0.29) is 12.3 Å². The van der Waals surface area contributed by atoms with Crippen LogP contribution in [0.1, 0.15) is 17.0 Å². The van der Waals surface area contributed by atoms with Crippen molar-refractivity contribution < 1.29 is 9.21 Å². The number of hydrogen-bond donors (Lipinski definition) is 0. The molecule has 0 saturated heterocycles. The van der Waals surface area contributed by atoms with Gasteiger partial charge in [-0.3, -0.25) is 4.79 Å². The summed E-state index contributed by atoms with van der Waals surface area (Å²) >= 11 is 12.1. The number of rotatable bonds is 5. The number of carbonyl (C=O) groups excluding carboxylic acids is 1. The summed E-state index contributed by atoms with van der Waals surface area (Å²) in [5, 5.41) is 1.11. The van der Waals surface area contributed by atoms with Crippen molar-refractivity contribution in [2.75, 3.05) is 7.05 Å². The van der Waals surface area contributed by atoms with Crippen molar-refractivity contribution in [2.45, 2.75) is 19.9 Å². The maximum atomic E-state index is 12.6. The standard InChI is InChI=1S/C20H18Cl2N2O2/c1-13-18(23-20(26-13)14-6-4-3-5-7-14)11-19(25)24(2)12-15-8-9-16(21)10-17(15)22/h3-10H,11-12H2,1-2H3. The molecule has 0 aliphatic rings. The number of halogens is 2. The van der Waals surface area contributed by atoms with E-state index in [2.05, 4.69) is 4.98 Å². The molecule has 0 aliphatic carbocycles. The Balaban J connectivity index is 1.70. The van der Waals surface area contributed by atoms with Gasteiger partial charge in [0, 0.05) is 29.2 Å². The fourth-order valence-electron chi connectivity index (χ4n) is 2.57. The van der Waals surface area contributed by atoms with E-state index in [9.17, 15) is 4.79 Å². The Morgan fingerprint density at radius 2 is 1.88 bits per heavy atom. The number of aryl methyl sites for hydroxylation is 1. The molecule has 3 aromatic rings. The normalized spacial score (nSPS) is 10.8. The highest BCUT2D eigenvalue weighted by Gasteiger charge is 2.18. The lowest BCUT2D eigenvalue weighted by molar-refractivity contribution is -0.129. The van der Waals surface area contributed by atoms with Crippen LogP contribution in [0, 0.1) is 6.92 Å². The molecule has 1 amide bonds. The zero-order valence-electron chi connectivity index (χ0n) is 14.5. The molecule has 134 valence electrons. The van der Waals surface area contributed by atoms with E-state index in [1.165, 1.54) is 0 Å². The van der Waals surface area contributed by atoms with Crippen molar-refractivity contribution in [3.05, 3.63) is 75.6 Å². The minimum absolute atomic E-state index is 0.0629. The van der Waals surface area contributed by atoms with E-state index >= 15 is 0 Å². The maximum Gasteiger partial charge on any atom is 0.228 e. The summed E-state index contributed by atoms with van der Waals surface area (Å²) in [6, 6.07) is 14.9. The van der Waals surface area contributed by atoms with Crippen molar-refractivity contribution in [3.63, 3.8) is 0 Å².